The largest absolute Gasteiger partial charge is 0.378 e. The summed E-state index contributed by atoms with van der Waals surface area (Å²) in [6.45, 7) is 2.56. The molecule has 2 aromatic rings. The zero-order chi connectivity index (χ0) is 19.6. The van der Waals surface area contributed by atoms with Crippen LogP contribution in [0.3, 0.4) is 0 Å². The summed E-state index contributed by atoms with van der Waals surface area (Å²) in [4.78, 5) is 19.1. The number of halogens is 1. The molecule has 1 N–H and O–H groups in total. The van der Waals surface area contributed by atoms with E-state index in [1.54, 1.807) is 19.2 Å². The molecule has 4 rings (SSSR count). The number of carbonyl (C=O) groups excluding carboxylic acids is 1. The third-order valence-corrected chi connectivity index (χ3v) is 6.22. The van der Waals surface area contributed by atoms with Crippen LogP contribution in [-0.2, 0) is 14.3 Å². The Bertz CT molecular complexity index is 820. The molecule has 1 amide bonds. The topological polar surface area (TPSA) is 63.7 Å². The number of nitrogens with one attached hydrogen (secondary N) is 1. The minimum absolute atomic E-state index is 0.0894. The summed E-state index contributed by atoms with van der Waals surface area (Å²) in [5.41, 5.74) is 1.25. The zero-order valence-corrected chi connectivity index (χ0v) is 16.6. The number of likely N-dealkylation sites (tertiary alicyclic amines) is 1. The molecule has 0 bridgehead atoms. The third-order valence-electron chi connectivity index (χ3n) is 5.46. The molecule has 2 aliphatic heterocycles. The average molecular weight is 405 g/mol. The SMILES string of the molecule is COC1CCN(CC(=O)Nc2nc(-c3ccc(F)cc3)cs2)CC12CCCO2. The lowest BCUT2D eigenvalue weighted by Crippen LogP contribution is -2.58. The molecule has 2 atom stereocenters. The van der Waals surface area contributed by atoms with Crippen LogP contribution in [0.15, 0.2) is 29.6 Å². The van der Waals surface area contributed by atoms with Crippen LogP contribution in [0.2, 0.25) is 0 Å². The van der Waals surface area contributed by atoms with Gasteiger partial charge in [0.2, 0.25) is 5.91 Å². The minimum Gasteiger partial charge on any atom is -0.378 e. The van der Waals surface area contributed by atoms with E-state index in [1.165, 1.54) is 23.5 Å². The van der Waals surface area contributed by atoms with Crippen LogP contribution < -0.4 is 5.32 Å². The van der Waals surface area contributed by atoms with Crippen molar-refractivity contribution in [2.24, 2.45) is 0 Å². The monoisotopic (exact) mass is 405 g/mol. The molecule has 1 aromatic heterocycles. The van der Waals surface area contributed by atoms with Gasteiger partial charge in [0.15, 0.2) is 5.13 Å². The number of carbonyl (C=O) groups is 1. The summed E-state index contributed by atoms with van der Waals surface area (Å²) >= 11 is 1.36. The van der Waals surface area contributed by atoms with Gasteiger partial charge in [0.1, 0.15) is 11.4 Å². The molecule has 0 aliphatic carbocycles. The van der Waals surface area contributed by atoms with E-state index in [2.05, 4.69) is 15.2 Å². The molecular formula is C20H24FN3O3S. The summed E-state index contributed by atoms with van der Waals surface area (Å²) in [5, 5.41) is 5.28. The van der Waals surface area contributed by atoms with Crippen molar-refractivity contribution >= 4 is 22.4 Å². The Hall–Kier alpha value is -1.87. The van der Waals surface area contributed by atoms with Gasteiger partial charge in [-0.2, -0.15) is 0 Å². The van der Waals surface area contributed by atoms with Gasteiger partial charge in [-0.3, -0.25) is 9.69 Å². The van der Waals surface area contributed by atoms with Crippen LogP contribution in [0.4, 0.5) is 9.52 Å². The highest BCUT2D eigenvalue weighted by Crippen LogP contribution is 2.36. The highest BCUT2D eigenvalue weighted by Gasteiger charge is 2.47. The van der Waals surface area contributed by atoms with Gasteiger partial charge < -0.3 is 14.8 Å². The van der Waals surface area contributed by atoms with Crippen molar-refractivity contribution < 1.29 is 18.7 Å². The number of amides is 1. The number of hydrogen-bond donors (Lipinski definition) is 1. The minimum atomic E-state index is -0.287. The number of piperidine rings is 1. The van der Waals surface area contributed by atoms with Gasteiger partial charge in [0.25, 0.3) is 0 Å². The quantitative estimate of drug-likeness (QED) is 0.828. The summed E-state index contributed by atoms with van der Waals surface area (Å²) in [6, 6.07) is 6.16. The van der Waals surface area contributed by atoms with Crippen molar-refractivity contribution in [3.8, 4) is 11.3 Å². The molecule has 0 radical (unpaired) electrons. The zero-order valence-electron chi connectivity index (χ0n) is 15.8. The molecule has 8 heteroatoms. The average Bonchev–Trinajstić information content (AvgIpc) is 3.33. The number of methoxy groups -OCH3 is 1. The second-order valence-electron chi connectivity index (χ2n) is 7.33. The molecule has 2 unspecified atom stereocenters. The maximum absolute atomic E-state index is 13.1. The molecule has 3 heterocycles. The summed E-state index contributed by atoms with van der Waals surface area (Å²) in [5.74, 6) is -0.377. The summed E-state index contributed by atoms with van der Waals surface area (Å²) in [7, 11) is 1.73. The molecular weight excluding hydrogens is 381 g/mol. The Kier molecular flexibility index (Phi) is 5.73. The molecule has 2 saturated heterocycles. The number of hydrogen-bond acceptors (Lipinski definition) is 6. The van der Waals surface area contributed by atoms with Crippen molar-refractivity contribution in [3.63, 3.8) is 0 Å². The van der Waals surface area contributed by atoms with Crippen molar-refractivity contribution in [2.75, 3.05) is 38.7 Å². The molecule has 2 aliphatic rings. The van der Waals surface area contributed by atoms with Crippen LogP contribution in [0, 0.1) is 5.82 Å². The van der Waals surface area contributed by atoms with Gasteiger partial charge in [-0.05, 0) is 43.5 Å². The molecule has 2 fully saturated rings. The van der Waals surface area contributed by atoms with E-state index in [0.29, 0.717) is 18.2 Å². The summed E-state index contributed by atoms with van der Waals surface area (Å²) < 4.78 is 24.7. The Morgan fingerprint density at radius 2 is 2.29 bits per heavy atom. The highest BCUT2D eigenvalue weighted by molar-refractivity contribution is 7.14. The van der Waals surface area contributed by atoms with Gasteiger partial charge in [-0.15, -0.1) is 11.3 Å². The van der Waals surface area contributed by atoms with Crippen LogP contribution in [0.1, 0.15) is 19.3 Å². The molecule has 0 saturated carbocycles. The number of benzene rings is 1. The van der Waals surface area contributed by atoms with Gasteiger partial charge in [-0.25, -0.2) is 9.37 Å². The first-order valence-corrected chi connectivity index (χ1v) is 10.4. The van der Waals surface area contributed by atoms with Crippen LogP contribution in [0.5, 0.6) is 0 Å². The second-order valence-corrected chi connectivity index (χ2v) is 8.19. The molecule has 1 aromatic carbocycles. The first-order valence-electron chi connectivity index (χ1n) is 9.48. The first-order chi connectivity index (χ1) is 13.6. The lowest BCUT2D eigenvalue weighted by molar-refractivity contribution is -0.146. The van der Waals surface area contributed by atoms with Crippen LogP contribution in [0.25, 0.3) is 11.3 Å². The lowest BCUT2D eigenvalue weighted by Gasteiger charge is -2.44. The van der Waals surface area contributed by atoms with E-state index >= 15 is 0 Å². The van der Waals surface area contributed by atoms with Gasteiger partial charge in [0, 0.05) is 37.7 Å². The molecule has 6 nitrogen and oxygen atoms in total. The first kappa shape index (κ1) is 19.4. The maximum Gasteiger partial charge on any atom is 0.240 e. The Morgan fingerprint density at radius 1 is 1.46 bits per heavy atom. The van der Waals surface area contributed by atoms with Gasteiger partial charge in [-0.1, -0.05) is 0 Å². The number of rotatable bonds is 5. The van der Waals surface area contributed by atoms with E-state index < -0.39 is 0 Å². The Morgan fingerprint density at radius 3 is 3.00 bits per heavy atom. The number of anilines is 1. The van der Waals surface area contributed by atoms with Crippen LogP contribution in [-0.4, -0.2) is 60.8 Å². The maximum atomic E-state index is 13.1. The highest BCUT2D eigenvalue weighted by atomic mass is 32.1. The van der Waals surface area contributed by atoms with Crippen molar-refractivity contribution in [2.45, 2.75) is 31.0 Å². The number of aromatic nitrogens is 1. The normalized spacial score (nSPS) is 25.3. The third kappa shape index (κ3) is 4.10. The number of thiazole rings is 1. The van der Waals surface area contributed by atoms with Crippen LogP contribution >= 0.6 is 11.3 Å². The summed E-state index contributed by atoms with van der Waals surface area (Å²) in [6.07, 6.45) is 2.95. The van der Waals surface area contributed by atoms with E-state index in [-0.39, 0.29) is 23.4 Å². The smallest absolute Gasteiger partial charge is 0.240 e. The van der Waals surface area contributed by atoms with Crippen molar-refractivity contribution in [3.05, 3.63) is 35.5 Å². The van der Waals surface area contributed by atoms with Crippen molar-refractivity contribution in [1.29, 1.82) is 0 Å². The van der Waals surface area contributed by atoms with E-state index in [4.69, 9.17) is 9.47 Å². The molecule has 150 valence electrons. The fourth-order valence-electron chi connectivity index (χ4n) is 4.13. The Labute approximate surface area is 167 Å². The lowest BCUT2D eigenvalue weighted by atomic mass is 9.87. The van der Waals surface area contributed by atoms with Gasteiger partial charge in [0.05, 0.1) is 18.3 Å². The standard InChI is InChI=1S/C20H24FN3O3S/c1-26-17-7-9-24(13-20(17)8-2-10-27-20)11-18(25)23-19-22-16(12-28-19)14-3-5-15(21)6-4-14/h3-6,12,17H,2,7-11,13H2,1H3,(H,22,23,25). The predicted octanol–water partition coefficient (Wildman–Crippen LogP) is 3.16. The van der Waals surface area contributed by atoms with E-state index in [1.807, 2.05) is 5.38 Å². The fraction of sp³-hybridized carbons (Fsp3) is 0.500. The fourth-order valence-corrected chi connectivity index (χ4v) is 4.87. The second kappa shape index (κ2) is 8.24. The molecule has 1 spiro atoms. The van der Waals surface area contributed by atoms with Gasteiger partial charge >= 0.3 is 0 Å². The number of ether oxygens (including phenoxy) is 2. The Balaban J connectivity index is 1.35. The molecule has 28 heavy (non-hydrogen) atoms. The van der Waals surface area contributed by atoms with E-state index in [9.17, 15) is 9.18 Å². The predicted molar refractivity (Wildman–Crippen MR) is 106 cm³/mol. The number of nitrogens with zero attached hydrogens (tertiary/aromatic N) is 2. The van der Waals surface area contributed by atoms with E-state index in [0.717, 1.165) is 43.7 Å². The van der Waals surface area contributed by atoms with Crippen molar-refractivity contribution in [1.82, 2.24) is 9.88 Å².